The molecule has 12 N–H and O–H groups in total. The van der Waals surface area contributed by atoms with Gasteiger partial charge in [0.1, 0.15) is 6.61 Å². The second-order valence-electron chi connectivity index (χ2n) is 21.7. The van der Waals surface area contributed by atoms with Crippen LogP contribution in [0.3, 0.4) is 0 Å². The van der Waals surface area contributed by atoms with E-state index >= 15 is 0 Å². The van der Waals surface area contributed by atoms with Crippen LogP contribution in [-0.4, -0.2) is 186 Å². The van der Waals surface area contributed by atoms with Gasteiger partial charge in [-0.05, 0) is 116 Å². The highest BCUT2D eigenvalue weighted by Gasteiger charge is 2.34. The average molecular weight is 1290 g/mol. The van der Waals surface area contributed by atoms with Crippen molar-refractivity contribution < 1.29 is 100 Å². The number of amides is 6. The van der Waals surface area contributed by atoms with Crippen LogP contribution in [0.4, 0.5) is 4.79 Å². The number of hydrogen-bond acceptors (Lipinski definition) is 18. The molecule has 28 nitrogen and oxygen atoms in total. The van der Waals surface area contributed by atoms with Gasteiger partial charge in [0.2, 0.25) is 29.5 Å². The first-order chi connectivity index (χ1) is 43.0. The van der Waals surface area contributed by atoms with Gasteiger partial charge in [-0.3, -0.25) is 48.6 Å². The summed E-state index contributed by atoms with van der Waals surface area (Å²) in [5.41, 5.74) is 7.74. The van der Waals surface area contributed by atoms with E-state index in [4.69, 9.17) is 29.5 Å². The summed E-state index contributed by atoms with van der Waals surface area (Å²) in [5, 5.41) is 53.6. The van der Waals surface area contributed by atoms with Crippen molar-refractivity contribution in [3.8, 4) is 0 Å². The highest BCUT2D eigenvalue weighted by Crippen LogP contribution is 2.36. The third kappa shape index (κ3) is 32.8. The lowest BCUT2D eigenvalue weighted by Gasteiger charge is -2.28. The second-order valence-corrected chi connectivity index (χ2v) is 23.8. The first-order valence-corrected chi connectivity index (χ1v) is 32.0. The Hall–Kier alpha value is -7.57. The van der Waals surface area contributed by atoms with Crippen LogP contribution in [0, 0.1) is 17.8 Å². The van der Waals surface area contributed by atoms with Crippen molar-refractivity contribution in [2.75, 3.05) is 97.9 Å². The number of hydrogen-bond donors (Lipinski definition) is 11. The van der Waals surface area contributed by atoms with Crippen molar-refractivity contribution in [3.05, 3.63) is 81.8 Å². The maximum Gasteiger partial charge on any atom is 0.407 e. The van der Waals surface area contributed by atoms with Crippen LogP contribution in [0.15, 0.2) is 48.4 Å². The number of fused-ring (bicyclic) bond motifs is 2. The molecular formula is C61H91N7O21S. The summed E-state index contributed by atoms with van der Waals surface area (Å²) in [7, 11) is -3.52. The summed E-state index contributed by atoms with van der Waals surface area (Å²) in [5.74, 6) is -6.29. The fourth-order valence-electron chi connectivity index (χ4n) is 10.2. The Kier molecular flexibility index (Phi) is 36.8. The normalized spacial score (nSPS) is 13.3. The Bertz CT molecular complexity index is 2770. The minimum absolute atomic E-state index is 0.0112. The summed E-state index contributed by atoms with van der Waals surface area (Å²) in [6, 6.07) is 11.8. The summed E-state index contributed by atoms with van der Waals surface area (Å²) in [6.07, 6.45) is 0.611. The van der Waals surface area contributed by atoms with Gasteiger partial charge in [-0.1, -0.05) is 43.0 Å². The van der Waals surface area contributed by atoms with Crippen molar-refractivity contribution in [1.29, 1.82) is 0 Å². The van der Waals surface area contributed by atoms with E-state index in [9.17, 15) is 76.8 Å². The number of rotatable bonds is 48. The number of ether oxygens (including phenoxy) is 5. The van der Waals surface area contributed by atoms with E-state index in [-0.39, 0.29) is 162 Å². The van der Waals surface area contributed by atoms with E-state index in [2.05, 4.69) is 33.2 Å². The lowest BCUT2D eigenvalue weighted by atomic mass is 9.78. The number of nitrogens with two attached hydrogens (primary N) is 1. The molecule has 2 aromatic carbocycles. The molecule has 2 aromatic rings. The lowest BCUT2D eigenvalue weighted by Crippen LogP contribution is -2.40. The van der Waals surface area contributed by atoms with Crippen molar-refractivity contribution in [2.45, 2.75) is 121 Å². The standard InChI is InChI=1S/C61H91N7O21S/c1-3-90(83,84)35-34-89-61(82)67-25-29-88-33-31-86-27-23-64-53(70)16-12-50(58(78)66-24-28-87-32-30-85-26-22-63-41(2)69)39-51(59(79)65-21-20-54(71)68-62)40-52(60(80)81)38-49(15-19-57(76)77)48-11-7-43-4-8-45-36-46(9-5-42(45)6-10-47(43)37-48)44(13-17-55(72)73)14-18-56(74)75/h3,5,7,9,11,36-37,44,49-52H,1,4,6,8,10,12-35,38-40,62H2,2H3,(H,63,69)(H,64,70)(H,65,79)(H,66,78)(H,67,82)(H,68,71)(H,72,73)(H,74,75)(H,76,77)(H,80,81). The Morgan fingerprint density at radius 1 is 0.511 bits per heavy atom. The van der Waals surface area contributed by atoms with E-state index in [0.717, 1.165) is 33.2 Å². The van der Waals surface area contributed by atoms with Gasteiger partial charge in [-0.15, -0.1) is 0 Å². The molecule has 0 heterocycles. The number of carboxylic acids is 4. The Labute approximate surface area is 524 Å². The molecule has 0 aliphatic heterocycles. The number of aryl methyl sites for hydroxylation is 4. The summed E-state index contributed by atoms with van der Waals surface area (Å²) < 4.78 is 49.7. The third-order valence-electron chi connectivity index (χ3n) is 15.0. The molecule has 4 unspecified atom stereocenters. The van der Waals surface area contributed by atoms with Crippen LogP contribution in [0.1, 0.15) is 129 Å². The van der Waals surface area contributed by atoms with Gasteiger partial charge in [0.15, 0.2) is 9.84 Å². The molecule has 0 radical (unpaired) electrons. The van der Waals surface area contributed by atoms with Gasteiger partial charge >= 0.3 is 30.0 Å². The van der Waals surface area contributed by atoms with Gasteiger partial charge in [0.05, 0.1) is 64.5 Å². The lowest BCUT2D eigenvalue weighted by molar-refractivity contribution is -0.143. The number of aliphatic carboxylic acids is 4. The number of hydrazine groups is 1. The number of carbonyl (C=O) groups is 10. The maximum absolute atomic E-state index is 14.3. The predicted molar refractivity (Wildman–Crippen MR) is 326 cm³/mol. The summed E-state index contributed by atoms with van der Waals surface area (Å²) in [6.45, 7) is 5.61. The van der Waals surface area contributed by atoms with Gasteiger partial charge < -0.3 is 70.7 Å². The third-order valence-corrected chi connectivity index (χ3v) is 16.3. The molecule has 502 valence electrons. The zero-order valence-electron chi connectivity index (χ0n) is 51.3. The monoisotopic (exact) mass is 1290 g/mol. The van der Waals surface area contributed by atoms with E-state index in [0.29, 0.717) is 50.6 Å². The van der Waals surface area contributed by atoms with E-state index in [1.54, 1.807) is 0 Å². The van der Waals surface area contributed by atoms with Crippen LogP contribution >= 0.6 is 0 Å². The van der Waals surface area contributed by atoms with E-state index < -0.39 is 92.9 Å². The molecule has 1 aliphatic rings. The highest BCUT2D eigenvalue weighted by molar-refractivity contribution is 7.94. The smallest absolute Gasteiger partial charge is 0.407 e. The van der Waals surface area contributed by atoms with Crippen molar-refractivity contribution in [3.63, 3.8) is 0 Å². The first kappa shape index (κ1) is 76.7. The zero-order valence-corrected chi connectivity index (χ0v) is 52.1. The minimum Gasteiger partial charge on any atom is -0.481 e. The quantitative estimate of drug-likeness (QED) is 0.0196. The predicted octanol–water partition coefficient (Wildman–Crippen LogP) is 2.43. The van der Waals surface area contributed by atoms with Crippen LogP contribution in [0.5, 0.6) is 0 Å². The Morgan fingerprint density at radius 2 is 0.967 bits per heavy atom. The molecule has 0 spiro atoms. The average Bonchev–Trinajstić information content (AvgIpc) is 0.928. The molecular weight excluding hydrogens is 1200 g/mol. The Balaban J connectivity index is 1.80. The number of carbonyl (C=O) groups excluding carboxylic acids is 6. The first-order valence-electron chi connectivity index (χ1n) is 30.2. The SMILES string of the molecule is C=CS(=O)(=O)CCOC(=O)NCCOCCOCCNC(=O)CCC(CC(CC(CC(CCC(=O)O)c1ccc2c(c1)CCc1ccc(C(CCC(=O)O)CCC(=O)O)cc1CC2)C(=O)O)C(=O)NCCC(=O)NN)C(=O)NCCOCCOCCNC(C)=O. The molecule has 0 saturated carbocycles. The number of benzene rings is 2. The molecule has 29 heteroatoms. The zero-order chi connectivity index (χ0) is 66.3. The molecule has 6 amide bonds. The molecule has 0 fully saturated rings. The molecule has 0 aromatic heterocycles. The fraction of sp³-hybridized carbons (Fsp3) is 0.607. The minimum atomic E-state index is -3.52. The van der Waals surface area contributed by atoms with Crippen LogP contribution in [0.2, 0.25) is 0 Å². The van der Waals surface area contributed by atoms with Gasteiger partial charge in [0.25, 0.3) is 0 Å². The topological polar surface area (TPSA) is 430 Å². The number of nitrogens with one attached hydrogen (secondary N) is 6. The molecule has 3 rings (SSSR count). The molecule has 4 atom stereocenters. The van der Waals surface area contributed by atoms with Gasteiger partial charge in [-0.2, -0.15) is 0 Å². The Morgan fingerprint density at radius 3 is 1.47 bits per heavy atom. The van der Waals surface area contributed by atoms with E-state index in [1.807, 2.05) is 41.8 Å². The van der Waals surface area contributed by atoms with Crippen LogP contribution in [-0.2, 0) is 102 Å². The van der Waals surface area contributed by atoms with Crippen LogP contribution < -0.4 is 37.9 Å². The summed E-state index contributed by atoms with van der Waals surface area (Å²) >= 11 is 0. The molecule has 1 aliphatic carbocycles. The summed E-state index contributed by atoms with van der Waals surface area (Å²) in [4.78, 5) is 125. The highest BCUT2D eigenvalue weighted by atomic mass is 32.2. The van der Waals surface area contributed by atoms with Crippen molar-refractivity contribution in [1.82, 2.24) is 32.0 Å². The van der Waals surface area contributed by atoms with Crippen LogP contribution in [0.25, 0.3) is 0 Å². The van der Waals surface area contributed by atoms with E-state index in [1.165, 1.54) is 6.92 Å². The largest absolute Gasteiger partial charge is 0.481 e. The maximum atomic E-state index is 14.3. The molecule has 90 heavy (non-hydrogen) atoms. The number of alkyl carbamates (subject to hydrolysis) is 1. The molecule has 0 bridgehead atoms. The van der Waals surface area contributed by atoms with Gasteiger partial charge in [0, 0.05) is 89.0 Å². The second kappa shape index (κ2) is 43.2. The van der Waals surface area contributed by atoms with Gasteiger partial charge in [-0.25, -0.2) is 19.1 Å². The number of sulfone groups is 1. The van der Waals surface area contributed by atoms with Crippen molar-refractivity contribution in [2.24, 2.45) is 23.6 Å². The van der Waals surface area contributed by atoms with Crippen molar-refractivity contribution >= 4 is 69.3 Å². The number of carboxylic acid groups (broad SMARTS) is 4. The molecule has 0 saturated heterocycles. The fourth-order valence-corrected chi connectivity index (χ4v) is 10.7.